The Morgan fingerprint density at radius 1 is 0.727 bits per heavy atom. The van der Waals surface area contributed by atoms with Gasteiger partial charge >= 0.3 is 0 Å². The van der Waals surface area contributed by atoms with Crippen molar-refractivity contribution in [2.45, 2.75) is 13.8 Å². The van der Waals surface area contributed by atoms with Gasteiger partial charge < -0.3 is 9.47 Å². The summed E-state index contributed by atoms with van der Waals surface area (Å²) in [4.78, 5) is 25.3. The van der Waals surface area contributed by atoms with Gasteiger partial charge in [0.25, 0.3) is 0 Å². The first-order valence-corrected chi connectivity index (χ1v) is 7.29. The number of ketones is 2. The molecule has 2 aromatic carbocycles. The van der Waals surface area contributed by atoms with Crippen LogP contribution in [0.3, 0.4) is 0 Å². The van der Waals surface area contributed by atoms with Crippen LogP contribution >= 0.6 is 0 Å². The second-order valence-corrected chi connectivity index (χ2v) is 4.91. The molecule has 0 aliphatic heterocycles. The Hall–Kier alpha value is -2.62. The van der Waals surface area contributed by atoms with E-state index in [0.717, 1.165) is 0 Å². The molecular weight excluding hydrogens is 280 g/mol. The van der Waals surface area contributed by atoms with Crippen LogP contribution in [0.2, 0.25) is 0 Å². The molecule has 0 bridgehead atoms. The van der Waals surface area contributed by atoms with E-state index in [2.05, 4.69) is 0 Å². The third kappa shape index (κ3) is 2.17. The molecule has 0 heterocycles. The number of hydrogen-bond donors (Lipinski definition) is 0. The summed E-state index contributed by atoms with van der Waals surface area (Å²) in [5.41, 5.74) is 1.62. The second kappa shape index (κ2) is 5.64. The van der Waals surface area contributed by atoms with E-state index in [1.807, 2.05) is 13.8 Å². The molecule has 4 nitrogen and oxygen atoms in total. The fraction of sp³-hybridized carbons (Fsp3) is 0.222. The summed E-state index contributed by atoms with van der Waals surface area (Å²) in [7, 11) is 0. The molecule has 0 saturated carbocycles. The van der Waals surface area contributed by atoms with E-state index < -0.39 is 0 Å². The maximum Gasteiger partial charge on any atom is 0.194 e. The van der Waals surface area contributed by atoms with Crippen molar-refractivity contribution in [1.82, 2.24) is 0 Å². The smallest absolute Gasteiger partial charge is 0.194 e. The second-order valence-electron chi connectivity index (χ2n) is 4.91. The summed E-state index contributed by atoms with van der Waals surface area (Å²) >= 11 is 0. The average Bonchev–Trinajstić information content (AvgIpc) is 2.54. The van der Waals surface area contributed by atoms with Gasteiger partial charge in [0.2, 0.25) is 0 Å². The minimum absolute atomic E-state index is 0.158. The molecular formula is C18H16O4. The third-order valence-electron chi connectivity index (χ3n) is 3.59. The standard InChI is InChI=1S/C18H16O4/c1-3-21-15-9-13-14(10-16(15)22-4-2)18(20)12-8-6-5-7-11(12)17(13)19/h5-10H,3-4H2,1-2H3. The van der Waals surface area contributed by atoms with E-state index in [0.29, 0.717) is 47.0 Å². The van der Waals surface area contributed by atoms with Gasteiger partial charge in [-0.25, -0.2) is 0 Å². The van der Waals surface area contributed by atoms with Crippen LogP contribution in [0.15, 0.2) is 36.4 Å². The zero-order valence-corrected chi connectivity index (χ0v) is 12.5. The molecule has 3 rings (SSSR count). The minimum atomic E-state index is -0.158. The number of hydrogen-bond acceptors (Lipinski definition) is 4. The number of rotatable bonds is 4. The average molecular weight is 296 g/mol. The van der Waals surface area contributed by atoms with Crippen LogP contribution in [0.4, 0.5) is 0 Å². The molecule has 0 spiro atoms. The van der Waals surface area contributed by atoms with Gasteiger partial charge in [0.05, 0.1) is 13.2 Å². The van der Waals surface area contributed by atoms with Crippen molar-refractivity contribution in [2.24, 2.45) is 0 Å². The number of fused-ring (bicyclic) bond motifs is 2. The highest BCUT2D eigenvalue weighted by Crippen LogP contribution is 2.36. The van der Waals surface area contributed by atoms with Crippen molar-refractivity contribution >= 4 is 11.6 Å². The van der Waals surface area contributed by atoms with E-state index in [4.69, 9.17) is 9.47 Å². The van der Waals surface area contributed by atoms with Crippen molar-refractivity contribution in [3.63, 3.8) is 0 Å². The highest BCUT2D eigenvalue weighted by atomic mass is 16.5. The summed E-state index contributed by atoms with van der Waals surface area (Å²) in [6.07, 6.45) is 0. The summed E-state index contributed by atoms with van der Waals surface area (Å²) in [5, 5.41) is 0. The minimum Gasteiger partial charge on any atom is -0.490 e. The van der Waals surface area contributed by atoms with Crippen LogP contribution in [0, 0.1) is 0 Å². The van der Waals surface area contributed by atoms with E-state index in [1.165, 1.54) is 0 Å². The Morgan fingerprint density at radius 2 is 1.14 bits per heavy atom. The van der Waals surface area contributed by atoms with E-state index >= 15 is 0 Å². The van der Waals surface area contributed by atoms with Gasteiger partial charge in [0, 0.05) is 22.3 Å². The molecule has 1 aliphatic carbocycles. The zero-order valence-electron chi connectivity index (χ0n) is 12.5. The van der Waals surface area contributed by atoms with Gasteiger partial charge in [-0.2, -0.15) is 0 Å². The third-order valence-corrected chi connectivity index (χ3v) is 3.59. The lowest BCUT2D eigenvalue weighted by Crippen LogP contribution is -2.21. The molecule has 0 radical (unpaired) electrons. The van der Waals surface area contributed by atoms with Gasteiger partial charge in [-0.05, 0) is 26.0 Å². The maximum absolute atomic E-state index is 12.6. The molecule has 0 aromatic heterocycles. The van der Waals surface area contributed by atoms with Gasteiger partial charge in [-0.15, -0.1) is 0 Å². The van der Waals surface area contributed by atoms with Gasteiger partial charge in [0.1, 0.15) is 0 Å². The molecule has 1 aliphatic rings. The van der Waals surface area contributed by atoms with Crippen molar-refractivity contribution in [3.05, 3.63) is 58.7 Å². The summed E-state index contributed by atoms with van der Waals surface area (Å²) in [6.45, 7) is 4.63. The lowest BCUT2D eigenvalue weighted by atomic mass is 9.84. The predicted molar refractivity (Wildman–Crippen MR) is 82.1 cm³/mol. The van der Waals surface area contributed by atoms with Gasteiger partial charge in [-0.1, -0.05) is 24.3 Å². The van der Waals surface area contributed by atoms with Crippen LogP contribution in [0.5, 0.6) is 11.5 Å². The van der Waals surface area contributed by atoms with E-state index in [1.54, 1.807) is 36.4 Å². The van der Waals surface area contributed by atoms with Crippen LogP contribution in [-0.2, 0) is 0 Å². The zero-order chi connectivity index (χ0) is 15.7. The highest BCUT2D eigenvalue weighted by Gasteiger charge is 2.31. The summed E-state index contributed by atoms with van der Waals surface area (Å²) < 4.78 is 11.1. The summed E-state index contributed by atoms with van der Waals surface area (Å²) in [5.74, 6) is 0.663. The molecule has 0 N–H and O–H groups in total. The van der Waals surface area contributed by atoms with Crippen molar-refractivity contribution in [3.8, 4) is 11.5 Å². The van der Waals surface area contributed by atoms with E-state index in [9.17, 15) is 9.59 Å². The lowest BCUT2D eigenvalue weighted by molar-refractivity contribution is 0.0978. The SMILES string of the molecule is CCOc1cc2c(cc1OCC)C(=O)c1ccccc1C2=O. The molecule has 0 saturated heterocycles. The first kappa shape index (κ1) is 14.3. The quantitative estimate of drug-likeness (QED) is 0.741. The Morgan fingerprint density at radius 3 is 1.50 bits per heavy atom. The van der Waals surface area contributed by atoms with Crippen molar-refractivity contribution < 1.29 is 19.1 Å². The normalized spacial score (nSPS) is 12.6. The Bertz CT molecular complexity index is 698. The Kier molecular flexibility index (Phi) is 3.67. The molecule has 4 heteroatoms. The molecule has 2 aromatic rings. The van der Waals surface area contributed by atoms with Crippen LogP contribution < -0.4 is 9.47 Å². The number of carbonyl (C=O) groups excluding carboxylic acids is 2. The highest BCUT2D eigenvalue weighted by molar-refractivity contribution is 6.28. The first-order chi connectivity index (χ1) is 10.7. The molecule has 0 fully saturated rings. The van der Waals surface area contributed by atoms with Crippen LogP contribution in [-0.4, -0.2) is 24.8 Å². The molecule has 22 heavy (non-hydrogen) atoms. The molecule has 112 valence electrons. The topological polar surface area (TPSA) is 52.6 Å². The monoisotopic (exact) mass is 296 g/mol. The first-order valence-electron chi connectivity index (χ1n) is 7.29. The van der Waals surface area contributed by atoms with Crippen LogP contribution in [0.25, 0.3) is 0 Å². The summed E-state index contributed by atoms with van der Waals surface area (Å²) in [6, 6.07) is 10.1. The van der Waals surface area contributed by atoms with Crippen LogP contribution in [0.1, 0.15) is 45.7 Å². The van der Waals surface area contributed by atoms with Gasteiger partial charge in [0.15, 0.2) is 23.1 Å². The van der Waals surface area contributed by atoms with Crippen molar-refractivity contribution in [2.75, 3.05) is 13.2 Å². The van der Waals surface area contributed by atoms with Gasteiger partial charge in [-0.3, -0.25) is 9.59 Å². The molecule has 0 atom stereocenters. The van der Waals surface area contributed by atoms with Crippen molar-refractivity contribution in [1.29, 1.82) is 0 Å². The number of benzene rings is 2. The maximum atomic E-state index is 12.6. The fourth-order valence-electron chi connectivity index (χ4n) is 2.64. The van der Waals surface area contributed by atoms with E-state index in [-0.39, 0.29) is 11.6 Å². The number of ether oxygens (including phenoxy) is 2. The lowest BCUT2D eigenvalue weighted by Gasteiger charge is -2.20. The number of carbonyl (C=O) groups is 2. The molecule has 0 unspecified atom stereocenters. The molecule has 0 amide bonds. The predicted octanol–water partition coefficient (Wildman–Crippen LogP) is 3.26. The Balaban J connectivity index is 2.19. The fourth-order valence-corrected chi connectivity index (χ4v) is 2.64. The Labute approximate surface area is 128 Å². The largest absolute Gasteiger partial charge is 0.490 e.